The molecule has 0 spiro atoms. The lowest BCUT2D eigenvalue weighted by Gasteiger charge is -2.01. The summed E-state index contributed by atoms with van der Waals surface area (Å²) in [6.07, 6.45) is 3.39. The van der Waals surface area contributed by atoms with Crippen LogP contribution in [0.2, 0.25) is 0 Å². The van der Waals surface area contributed by atoms with E-state index in [4.69, 9.17) is 5.73 Å². The van der Waals surface area contributed by atoms with E-state index in [1.54, 1.807) is 0 Å². The van der Waals surface area contributed by atoms with Gasteiger partial charge in [-0.25, -0.2) is 0 Å². The number of benzene rings is 1. The van der Waals surface area contributed by atoms with Crippen LogP contribution in [0.15, 0.2) is 30.5 Å². The van der Waals surface area contributed by atoms with Crippen molar-refractivity contribution in [3.8, 4) is 0 Å². The van der Waals surface area contributed by atoms with Gasteiger partial charge in [0.1, 0.15) is 0 Å². The average molecular weight is 200 g/mol. The van der Waals surface area contributed by atoms with E-state index in [1.807, 2.05) is 0 Å². The molecule has 1 fully saturated rings. The number of nitrogens with two attached hydrogens (primary N) is 1. The van der Waals surface area contributed by atoms with Crippen molar-refractivity contribution < 1.29 is 0 Å². The van der Waals surface area contributed by atoms with E-state index in [9.17, 15) is 0 Å². The molecular formula is C13H16N2. The minimum Gasteiger partial charge on any atom is -0.351 e. The van der Waals surface area contributed by atoms with Crippen LogP contribution in [0, 0.1) is 5.92 Å². The van der Waals surface area contributed by atoms with Crippen LogP contribution in [0.5, 0.6) is 0 Å². The maximum absolute atomic E-state index is 5.67. The molecule has 1 saturated carbocycles. The van der Waals surface area contributed by atoms with Gasteiger partial charge in [-0.05, 0) is 54.0 Å². The fourth-order valence-electron chi connectivity index (χ4n) is 2.45. The minimum atomic E-state index is 0.722. The van der Waals surface area contributed by atoms with Crippen molar-refractivity contribution in [2.75, 3.05) is 6.54 Å². The SMILES string of the molecule is Cn1ccc2cc(C3CC3CN)ccc21. The second kappa shape index (κ2) is 3.11. The molecule has 15 heavy (non-hydrogen) atoms. The Morgan fingerprint density at radius 2 is 2.27 bits per heavy atom. The first-order valence-electron chi connectivity index (χ1n) is 5.54. The van der Waals surface area contributed by atoms with Crippen LogP contribution in [0.1, 0.15) is 17.9 Å². The van der Waals surface area contributed by atoms with Crippen LogP contribution in [-0.2, 0) is 7.05 Å². The highest BCUT2D eigenvalue weighted by Crippen LogP contribution is 2.47. The maximum Gasteiger partial charge on any atom is 0.0477 e. The van der Waals surface area contributed by atoms with Gasteiger partial charge in [0.2, 0.25) is 0 Å². The second-order valence-corrected chi connectivity index (χ2v) is 4.58. The van der Waals surface area contributed by atoms with Gasteiger partial charge in [-0.1, -0.05) is 6.07 Å². The predicted octanol–water partition coefficient (Wildman–Crippen LogP) is 2.24. The van der Waals surface area contributed by atoms with E-state index in [0.29, 0.717) is 0 Å². The average Bonchev–Trinajstić information content (AvgIpc) is 2.97. The molecule has 0 bridgehead atoms. The molecule has 1 aromatic heterocycles. The monoisotopic (exact) mass is 200 g/mol. The molecular weight excluding hydrogens is 184 g/mol. The maximum atomic E-state index is 5.67. The summed E-state index contributed by atoms with van der Waals surface area (Å²) in [5.41, 5.74) is 8.45. The molecule has 2 aromatic rings. The molecule has 2 unspecified atom stereocenters. The molecule has 1 aromatic carbocycles. The van der Waals surface area contributed by atoms with E-state index in [2.05, 4.69) is 42.1 Å². The van der Waals surface area contributed by atoms with Crippen molar-refractivity contribution >= 4 is 10.9 Å². The number of hydrogen-bond donors (Lipinski definition) is 1. The quantitative estimate of drug-likeness (QED) is 0.792. The Balaban J connectivity index is 2.00. The number of aryl methyl sites for hydroxylation is 1. The van der Waals surface area contributed by atoms with Crippen LogP contribution in [-0.4, -0.2) is 11.1 Å². The van der Waals surface area contributed by atoms with Crippen LogP contribution >= 0.6 is 0 Å². The lowest BCUT2D eigenvalue weighted by molar-refractivity contribution is 0.810. The van der Waals surface area contributed by atoms with Crippen molar-refractivity contribution in [3.63, 3.8) is 0 Å². The van der Waals surface area contributed by atoms with Crippen molar-refractivity contribution in [2.45, 2.75) is 12.3 Å². The first kappa shape index (κ1) is 8.98. The third kappa shape index (κ3) is 1.37. The predicted molar refractivity (Wildman–Crippen MR) is 62.8 cm³/mol. The smallest absolute Gasteiger partial charge is 0.0477 e. The Labute approximate surface area is 89.7 Å². The Hall–Kier alpha value is -1.28. The van der Waals surface area contributed by atoms with Gasteiger partial charge in [-0.3, -0.25) is 0 Å². The van der Waals surface area contributed by atoms with Gasteiger partial charge in [0.25, 0.3) is 0 Å². The third-order valence-corrected chi connectivity index (χ3v) is 3.56. The van der Waals surface area contributed by atoms with Crippen molar-refractivity contribution in [1.29, 1.82) is 0 Å². The highest BCUT2D eigenvalue weighted by Gasteiger charge is 2.36. The van der Waals surface area contributed by atoms with Gasteiger partial charge >= 0.3 is 0 Å². The summed E-state index contributed by atoms with van der Waals surface area (Å²) in [5.74, 6) is 1.45. The van der Waals surface area contributed by atoms with Crippen molar-refractivity contribution in [3.05, 3.63) is 36.0 Å². The molecule has 2 atom stereocenters. The molecule has 0 aliphatic heterocycles. The number of nitrogens with zero attached hydrogens (tertiary/aromatic N) is 1. The van der Waals surface area contributed by atoms with Gasteiger partial charge in [-0.15, -0.1) is 0 Å². The molecule has 1 heterocycles. The lowest BCUT2D eigenvalue weighted by atomic mass is 10.1. The van der Waals surface area contributed by atoms with Crippen LogP contribution in [0.3, 0.4) is 0 Å². The molecule has 2 heteroatoms. The van der Waals surface area contributed by atoms with Gasteiger partial charge in [-0.2, -0.15) is 0 Å². The van der Waals surface area contributed by atoms with Crippen LogP contribution < -0.4 is 5.73 Å². The Morgan fingerprint density at radius 1 is 1.40 bits per heavy atom. The molecule has 78 valence electrons. The molecule has 1 aliphatic carbocycles. The molecule has 2 N–H and O–H groups in total. The summed E-state index contributed by atoms with van der Waals surface area (Å²) in [7, 11) is 2.09. The number of aromatic nitrogens is 1. The fraction of sp³-hybridized carbons (Fsp3) is 0.385. The molecule has 0 amide bonds. The number of rotatable bonds is 2. The summed E-state index contributed by atoms with van der Waals surface area (Å²) in [4.78, 5) is 0. The molecule has 2 nitrogen and oxygen atoms in total. The Bertz CT molecular complexity index is 498. The van der Waals surface area contributed by atoms with Gasteiger partial charge < -0.3 is 10.3 Å². The van der Waals surface area contributed by atoms with Crippen molar-refractivity contribution in [2.24, 2.45) is 18.7 Å². The zero-order valence-corrected chi connectivity index (χ0v) is 8.98. The Kier molecular flexibility index (Phi) is 1.86. The number of fused-ring (bicyclic) bond motifs is 1. The largest absolute Gasteiger partial charge is 0.351 e. The summed E-state index contributed by atoms with van der Waals surface area (Å²) in [6, 6.07) is 8.97. The van der Waals surface area contributed by atoms with Gasteiger partial charge in [0.05, 0.1) is 0 Å². The van der Waals surface area contributed by atoms with Gasteiger partial charge in [0, 0.05) is 18.8 Å². The van der Waals surface area contributed by atoms with E-state index in [1.165, 1.54) is 22.9 Å². The lowest BCUT2D eigenvalue weighted by Crippen LogP contribution is -2.01. The fourth-order valence-corrected chi connectivity index (χ4v) is 2.45. The second-order valence-electron chi connectivity index (χ2n) is 4.58. The van der Waals surface area contributed by atoms with Crippen LogP contribution in [0.4, 0.5) is 0 Å². The van der Waals surface area contributed by atoms with Crippen molar-refractivity contribution in [1.82, 2.24) is 4.57 Å². The Morgan fingerprint density at radius 3 is 3.00 bits per heavy atom. The van der Waals surface area contributed by atoms with E-state index in [-0.39, 0.29) is 0 Å². The topological polar surface area (TPSA) is 30.9 Å². The summed E-state index contributed by atoms with van der Waals surface area (Å²) in [5, 5.41) is 1.35. The van der Waals surface area contributed by atoms with E-state index < -0.39 is 0 Å². The summed E-state index contributed by atoms with van der Waals surface area (Å²) >= 11 is 0. The van der Waals surface area contributed by atoms with E-state index >= 15 is 0 Å². The van der Waals surface area contributed by atoms with Gasteiger partial charge in [0.15, 0.2) is 0 Å². The highest BCUT2D eigenvalue weighted by atomic mass is 14.9. The molecule has 0 saturated heterocycles. The third-order valence-electron chi connectivity index (χ3n) is 3.56. The first-order chi connectivity index (χ1) is 7.29. The normalized spacial score (nSPS) is 24.7. The summed E-state index contributed by atoms with van der Waals surface area (Å²) < 4.78 is 2.16. The minimum absolute atomic E-state index is 0.722. The highest BCUT2D eigenvalue weighted by molar-refractivity contribution is 5.81. The standard InChI is InChI=1S/C13H16N2/c1-15-5-4-10-6-9(2-3-13(10)15)12-7-11(12)8-14/h2-6,11-12H,7-8,14H2,1H3. The summed E-state index contributed by atoms with van der Waals surface area (Å²) in [6.45, 7) is 0.831. The van der Waals surface area contributed by atoms with E-state index in [0.717, 1.165) is 18.4 Å². The number of hydrogen-bond acceptors (Lipinski definition) is 1. The zero-order valence-electron chi connectivity index (χ0n) is 8.98. The first-order valence-corrected chi connectivity index (χ1v) is 5.54. The van der Waals surface area contributed by atoms with Crippen LogP contribution in [0.25, 0.3) is 10.9 Å². The molecule has 0 radical (unpaired) electrons. The molecule has 1 aliphatic rings. The zero-order chi connectivity index (χ0) is 10.4. The molecule has 3 rings (SSSR count).